The molecule has 0 spiro atoms. The number of amides is 1. The molecule has 2 aromatic rings. The molecule has 1 amide bonds. The molecular weight excluding hydrogens is 393 g/mol. The van der Waals surface area contributed by atoms with Crippen LogP contribution in [0.5, 0.6) is 0 Å². The number of anilines is 1. The van der Waals surface area contributed by atoms with Gasteiger partial charge in [-0.2, -0.15) is 0 Å². The number of nitrogens with one attached hydrogen (secondary N) is 1. The molecule has 1 aromatic carbocycles. The highest BCUT2D eigenvalue weighted by atomic mass is 35.5. The molecule has 1 saturated heterocycles. The number of aromatic nitrogens is 1. The summed E-state index contributed by atoms with van der Waals surface area (Å²) in [7, 11) is 1.73. The SMILES string of the molecule is CO[C@@H]1C[C@H]2CN(C(=O)Cc3c(F)cccc3Cl)C[C@H]2C[C@H]1Nc1ccccn1. The fourth-order valence-corrected chi connectivity index (χ4v) is 4.86. The standard InChI is InChI=1S/C22H25ClFN3O2/c1-29-20-10-15-13-27(22(28)11-16-17(23)5-4-6-18(16)24)12-14(15)9-19(20)26-21-7-2-3-8-25-21/h2-8,14-15,19-20H,9-13H2,1H3,(H,25,26)/t14-,15+,19-,20-/m1/s1. The number of likely N-dealkylation sites (tertiary alicyclic amines) is 1. The van der Waals surface area contributed by atoms with Crippen LogP contribution in [0.25, 0.3) is 0 Å². The minimum absolute atomic E-state index is 0.00569. The van der Waals surface area contributed by atoms with Gasteiger partial charge < -0.3 is 15.0 Å². The number of nitrogens with zero attached hydrogens (tertiary/aromatic N) is 2. The van der Waals surface area contributed by atoms with Gasteiger partial charge >= 0.3 is 0 Å². The maximum Gasteiger partial charge on any atom is 0.227 e. The lowest BCUT2D eigenvalue weighted by atomic mass is 9.77. The number of fused-ring (bicyclic) bond motifs is 1. The van der Waals surface area contributed by atoms with Crippen LogP contribution in [0.3, 0.4) is 0 Å². The van der Waals surface area contributed by atoms with Crippen LogP contribution >= 0.6 is 11.6 Å². The van der Waals surface area contributed by atoms with E-state index in [2.05, 4.69) is 10.3 Å². The first-order valence-corrected chi connectivity index (χ1v) is 10.3. The zero-order valence-corrected chi connectivity index (χ0v) is 17.1. The predicted molar refractivity (Wildman–Crippen MR) is 110 cm³/mol. The Morgan fingerprint density at radius 3 is 2.72 bits per heavy atom. The molecule has 4 atom stereocenters. The molecule has 1 aliphatic heterocycles. The van der Waals surface area contributed by atoms with Gasteiger partial charge in [-0.05, 0) is 48.9 Å². The average molecular weight is 418 g/mol. The van der Waals surface area contributed by atoms with E-state index in [1.54, 1.807) is 25.4 Å². The van der Waals surface area contributed by atoms with Crippen molar-refractivity contribution in [2.24, 2.45) is 11.8 Å². The molecule has 1 aromatic heterocycles. The molecular formula is C22H25ClFN3O2. The van der Waals surface area contributed by atoms with E-state index in [-0.39, 0.29) is 30.0 Å². The largest absolute Gasteiger partial charge is 0.379 e. The molecule has 0 radical (unpaired) electrons. The Morgan fingerprint density at radius 2 is 2.03 bits per heavy atom. The van der Waals surface area contributed by atoms with Gasteiger partial charge in [-0.1, -0.05) is 23.7 Å². The number of rotatable bonds is 5. The Hall–Kier alpha value is -2.18. The van der Waals surface area contributed by atoms with Crippen molar-refractivity contribution in [3.8, 4) is 0 Å². The molecule has 7 heteroatoms. The highest BCUT2D eigenvalue weighted by Gasteiger charge is 2.43. The van der Waals surface area contributed by atoms with E-state index in [0.717, 1.165) is 18.7 Å². The monoisotopic (exact) mass is 417 g/mol. The molecule has 0 bridgehead atoms. The van der Waals surface area contributed by atoms with E-state index >= 15 is 0 Å². The normalized spacial score (nSPS) is 26.2. The van der Waals surface area contributed by atoms with Crippen molar-refractivity contribution in [2.45, 2.75) is 31.4 Å². The Balaban J connectivity index is 1.42. The highest BCUT2D eigenvalue weighted by molar-refractivity contribution is 6.31. The summed E-state index contributed by atoms with van der Waals surface area (Å²) in [6, 6.07) is 10.4. The number of pyridine rings is 1. The minimum Gasteiger partial charge on any atom is -0.379 e. The third-order valence-corrected chi connectivity index (χ3v) is 6.51. The lowest BCUT2D eigenvalue weighted by Gasteiger charge is -2.37. The molecule has 29 heavy (non-hydrogen) atoms. The Kier molecular flexibility index (Phi) is 6.01. The summed E-state index contributed by atoms with van der Waals surface area (Å²) in [5.41, 5.74) is 0.276. The van der Waals surface area contributed by atoms with Gasteiger partial charge in [0.25, 0.3) is 0 Å². The van der Waals surface area contributed by atoms with Crippen LogP contribution in [0, 0.1) is 17.7 Å². The van der Waals surface area contributed by atoms with E-state index in [0.29, 0.717) is 29.9 Å². The second kappa shape index (κ2) is 8.67. The van der Waals surface area contributed by atoms with Gasteiger partial charge in [0.2, 0.25) is 5.91 Å². The molecule has 0 unspecified atom stereocenters. The fourth-order valence-electron chi connectivity index (χ4n) is 4.63. The number of benzene rings is 1. The van der Waals surface area contributed by atoms with Gasteiger partial charge in [-0.15, -0.1) is 0 Å². The second-order valence-electron chi connectivity index (χ2n) is 7.91. The second-order valence-corrected chi connectivity index (χ2v) is 8.31. The number of halogens is 2. The van der Waals surface area contributed by atoms with Crippen molar-refractivity contribution in [3.63, 3.8) is 0 Å². The summed E-state index contributed by atoms with van der Waals surface area (Å²) >= 11 is 6.09. The third kappa shape index (κ3) is 4.38. The zero-order valence-electron chi connectivity index (χ0n) is 16.4. The molecule has 1 saturated carbocycles. The van der Waals surface area contributed by atoms with Gasteiger partial charge in [0, 0.05) is 37.0 Å². The van der Waals surface area contributed by atoms with E-state index < -0.39 is 5.82 Å². The number of hydrogen-bond acceptors (Lipinski definition) is 4. The van der Waals surface area contributed by atoms with Crippen LogP contribution in [-0.2, 0) is 16.0 Å². The minimum atomic E-state index is -0.429. The molecule has 2 heterocycles. The van der Waals surface area contributed by atoms with Crippen molar-refractivity contribution in [1.29, 1.82) is 0 Å². The van der Waals surface area contributed by atoms with Crippen molar-refractivity contribution in [3.05, 3.63) is 59.0 Å². The van der Waals surface area contributed by atoms with Crippen molar-refractivity contribution in [1.82, 2.24) is 9.88 Å². The lowest BCUT2D eigenvalue weighted by Crippen LogP contribution is -2.44. The summed E-state index contributed by atoms with van der Waals surface area (Å²) in [4.78, 5) is 19.0. The van der Waals surface area contributed by atoms with E-state index in [9.17, 15) is 9.18 Å². The Bertz CT molecular complexity index is 846. The van der Waals surface area contributed by atoms with Crippen LogP contribution in [0.4, 0.5) is 10.2 Å². The summed E-state index contributed by atoms with van der Waals surface area (Å²) in [6.07, 6.45) is 3.61. The van der Waals surface area contributed by atoms with E-state index in [1.807, 2.05) is 23.1 Å². The smallest absolute Gasteiger partial charge is 0.227 e. The molecule has 5 nitrogen and oxygen atoms in total. The molecule has 4 rings (SSSR count). The number of methoxy groups -OCH3 is 1. The third-order valence-electron chi connectivity index (χ3n) is 6.16. The summed E-state index contributed by atoms with van der Waals surface area (Å²) < 4.78 is 19.8. The molecule has 154 valence electrons. The summed E-state index contributed by atoms with van der Waals surface area (Å²) in [6.45, 7) is 1.37. The quantitative estimate of drug-likeness (QED) is 0.804. The van der Waals surface area contributed by atoms with Crippen LogP contribution < -0.4 is 5.32 Å². The van der Waals surface area contributed by atoms with Crippen molar-refractivity contribution >= 4 is 23.3 Å². The topological polar surface area (TPSA) is 54.5 Å². The average Bonchev–Trinajstić information content (AvgIpc) is 3.14. The highest BCUT2D eigenvalue weighted by Crippen LogP contribution is 2.38. The van der Waals surface area contributed by atoms with Gasteiger partial charge in [0.15, 0.2) is 0 Å². The predicted octanol–water partition coefficient (Wildman–Crippen LogP) is 3.78. The Labute approximate surface area is 175 Å². The molecule has 1 aliphatic carbocycles. The summed E-state index contributed by atoms with van der Waals surface area (Å²) in [5, 5.41) is 3.79. The number of ether oxygens (including phenoxy) is 1. The fraction of sp³-hybridized carbons (Fsp3) is 0.455. The van der Waals surface area contributed by atoms with E-state index in [4.69, 9.17) is 16.3 Å². The first-order valence-electron chi connectivity index (χ1n) is 9.96. The zero-order chi connectivity index (χ0) is 20.4. The van der Waals surface area contributed by atoms with Gasteiger partial charge in [0.1, 0.15) is 11.6 Å². The van der Waals surface area contributed by atoms with Gasteiger partial charge in [-0.3, -0.25) is 4.79 Å². The van der Waals surface area contributed by atoms with Gasteiger partial charge in [0.05, 0.1) is 18.6 Å². The first kappa shape index (κ1) is 20.1. The van der Waals surface area contributed by atoms with Crippen molar-refractivity contribution in [2.75, 3.05) is 25.5 Å². The number of carbonyl (C=O) groups excluding carboxylic acids is 1. The number of hydrogen-bond donors (Lipinski definition) is 1. The Morgan fingerprint density at radius 1 is 1.24 bits per heavy atom. The van der Waals surface area contributed by atoms with Crippen molar-refractivity contribution < 1.29 is 13.9 Å². The summed E-state index contributed by atoms with van der Waals surface area (Å²) in [5.74, 6) is 1.11. The van der Waals surface area contributed by atoms with Crippen LogP contribution in [0.2, 0.25) is 5.02 Å². The van der Waals surface area contributed by atoms with Crippen LogP contribution in [-0.4, -0.2) is 48.1 Å². The maximum atomic E-state index is 14.1. The first-order chi connectivity index (χ1) is 14.0. The lowest BCUT2D eigenvalue weighted by molar-refractivity contribution is -0.129. The van der Waals surface area contributed by atoms with Crippen LogP contribution in [0.15, 0.2) is 42.6 Å². The van der Waals surface area contributed by atoms with Gasteiger partial charge in [-0.25, -0.2) is 9.37 Å². The van der Waals surface area contributed by atoms with Crippen LogP contribution in [0.1, 0.15) is 18.4 Å². The molecule has 1 N–H and O–H groups in total. The molecule has 2 aliphatic rings. The maximum absolute atomic E-state index is 14.1. The van der Waals surface area contributed by atoms with E-state index in [1.165, 1.54) is 6.07 Å². The molecule has 2 fully saturated rings. The number of carbonyl (C=O) groups is 1.